The lowest BCUT2D eigenvalue weighted by molar-refractivity contribution is 0.0504. The second-order valence-electron chi connectivity index (χ2n) is 8.54. The van der Waals surface area contributed by atoms with Crippen LogP contribution in [0.5, 0.6) is 5.75 Å². The minimum atomic E-state index is -0.448. The van der Waals surface area contributed by atoms with Gasteiger partial charge in [0.05, 0.1) is 7.11 Å². The molecule has 2 aliphatic rings. The predicted octanol–water partition coefficient (Wildman–Crippen LogP) is 3.26. The molecule has 6 nitrogen and oxygen atoms in total. The zero-order valence-corrected chi connectivity index (χ0v) is 17.0. The van der Waals surface area contributed by atoms with E-state index in [4.69, 9.17) is 9.47 Å². The van der Waals surface area contributed by atoms with E-state index in [-0.39, 0.29) is 12.1 Å². The molecular weight excluding hydrogens is 342 g/mol. The summed E-state index contributed by atoms with van der Waals surface area (Å²) < 4.78 is 10.6. The highest BCUT2D eigenvalue weighted by Crippen LogP contribution is 2.26. The third-order valence-corrected chi connectivity index (χ3v) is 5.36. The number of hydrogen-bond acceptors (Lipinski definition) is 5. The number of benzene rings is 1. The molecule has 2 heterocycles. The first-order valence-electron chi connectivity index (χ1n) is 9.96. The van der Waals surface area contributed by atoms with Crippen LogP contribution < -0.4 is 15.0 Å². The van der Waals surface area contributed by atoms with E-state index in [0.717, 1.165) is 51.2 Å². The summed E-state index contributed by atoms with van der Waals surface area (Å²) in [5.41, 5.74) is 0.816. The zero-order chi connectivity index (χ0) is 19.4. The van der Waals surface area contributed by atoms with Crippen molar-refractivity contribution in [2.45, 2.75) is 57.7 Å². The Kier molecular flexibility index (Phi) is 6.15. The number of carbonyl (C=O) groups excluding carboxylic acids is 1. The van der Waals surface area contributed by atoms with Gasteiger partial charge in [-0.15, -0.1) is 0 Å². The molecule has 1 atom stereocenters. The molecule has 0 aromatic heterocycles. The van der Waals surface area contributed by atoms with Gasteiger partial charge in [-0.05, 0) is 64.3 Å². The average molecular weight is 376 g/mol. The number of nitrogens with one attached hydrogen (secondary N) is 1. The van der Waals surface area contributed by atoms with Crippen molar-refractivity contribution in [1.82, 2.24) is 10.2 Å². The van der Waals surface area contributed by atoms with Crippen LogP contribution in [0.1, 0.15) is 40.0 Å². The van der Waals surface area contributed by atoms with Crippen LogP contribution in [0.4, 0.5) is 10.5 Å². The summed E-state index contributed by atoms with van der Waals surface area (Å²) in [7, 11) is 1.70. The van der Waals surface area contributed by atoms with Crippen LogP contribution in [-0.4, -0.2) is 62.0 Å². The molecule has 3 rings (SSSR count). The topological polar surface area (TPSA) is 54.0 Å². The number of nitrogens with zero attached hydrogens (tertiary/aromatic N) is 2. The molecule has 1 aromatic carbocycles. The lowest BCUT2D eigenvalue weighted by Crippen LogP contribution is -2.46. The lowest BCUT2D eigenvalue weighted by Gasteiger charge is -2.38. The first-order chi connectivity index (χ1) is 12.8. The maximum atomic E-state index is 12.0. The van der Waals surface area contributed by atoms with Gasteiger partial charge in [-0.25, -0.2) is 4.79 Å². The highest BCUT2D eigenvalue weighted by atomic mass is 16.6. The molecule has 0 radical (unpaired) electrons. The first-order valence-corrected chi connectivity index (χ1v) is 9.96. The molecule has 6 heteroatoms. The van der Waals surface area contributed by atoms with Gasteiger partial charge in [0.15, 0.2) is 0 Å². The Hall–Kier alpha value is -1.95. The van der Waals surface area contributed by atoms with E-state index < -0.39 is 5.60 Å². The molecule has 27 heavy (non-hydrogen) atoms. The van der Waals surface area contributed by atoms with E-state index in [2.05, 4.69) is 27.2 Å². The Morgan fingerprint density at radius 3 is 2.33 bits per heavy atom. The fourth-order valence-electron chi connectivity index (χ4n) is 3.99. The SMILES string of the molecule is COc1ccc(N2CCC(N3CC[C@@H](NC(=O)OC(C)(C)C)C3)CC2)cc1. The monoisotopic (exact) mass is 375 g/mol. The van der Waals surface area contributed by atoms with Crippen molar-refractivity contribution < 1.29 is 14.3 Å². The van der Waals surface area contributed by atoms with Crippen molar-refractivity contribution in [3.05, 3.63) is 24.3 Å². The van der Waals surface area contributed by atoms with Crippen molar-refractivity contribution in [2.75, 3.05) is 38.2 Å². The Balaban J connectivity index is 1.44. The molecule has 0 spiro atoms. The zero-order valence-electron chi connectivity index (χ0n) is 17.0. The fourth-order valence-corrected chi connectivity index (χ4v) is 3.99. The number of likely N-dealkylation sites (tertiary alicyclic amines) is 1. The van der Waals surface area contributed by atoms with Gasteiger partial charge in [0.25, 0.3) is 0 Å². The maximum absolute atomic E-state index is 12.0. The van der Waals surface area contributed by atoms with Crippen molar-refractivity contribution in [1.29, 1.82) is 0 Å². The number of rotatable bonds is 4. The number of ether oxygens (including phenoxy) is 2. The number of amides is 1. The van der Waals surface area contributed by atoms with Gasteiger partial charge in [0.1, 0.15) is 11.4 Å². The summed E-state index contributed by atoms with van der Waals surface area (Å²) in [5.74, 6) is 0.897. The third kappa shape index (κ3) is 5.51. The van der Waals surface area contributed by atoms with E-state index in [1.165, 1.54) is 5.69 Å². The number of carbonyl (C=O) groups is 1. The minimum Gasteiger partial charge on any atom is -0.497 e. The van der Waals surface area contributed by atoms with Gasteiger partial charge < -0.3 is 19.7 Å². The number of piperidine rings is 1. The number of methoxy groups -OCH3 is 1. The van der Waals surface area contributed by atoms with Crippen molar-refractivity contribution >= 4 is 11.8 Å². The van der Waals surface area contributed by atoms with Crippen LogP contribution in [0.15, 0.2) is 24.3 Å². The van der Waals surface area contributed by atoms with E-state index in [1.807, 2.05) is 32.9 Å². The van der Waals surface area contributed by atoms with Crippen molar-refractivity contribution in [3.8, 4) is 5.75 Å². The summed E-state index contributed by atoms with van der Waals surface area (Å²) in [6.07, 6.45) is 3.01. The lowest BCUT2D eigenvalue weighted by atomic mass is 10.0. The quantitative estimate of drug-likeness (QED) is 0.875. The van der Waals surface area contributed by atoms with Gasteiger partial charge >= 0.3 is 6.09 Å². The van der Waals surface area contributed by atoms with Crippen LogP contribution in [0.2, 0.25) is 0 Å². The van der Waals surface area contributed by atoms with Crippen molar-refractivity contribution in [3.63, 3.8) is 0 Å². The van der Waals surface area contributed by atoms with Gasteiger partial charge in [-0.1, -0.05) is 0 Å². The first kappa shape index (κ1) is 19.8. The van der Waals surface area contributed by atoms with Crippen LogP contribution in [0.25, 0.3) is 0 Å². The summed E-state index contributed by atoms with van der Waals surface area (Å²) in [6, 6.07) is 9.11. The molecule has 1 amide bonds. The molecule has 150 valence electrons. The van der Waals surface area contributed by atoms with E-state index in [1.54, 1.807) is 7.11 Å². The number of alkyl carbamates (subject to hydrolysis) is 1. The minimum absolute atomic E-state index is 0.194. The smallest absolute Gasteiger partial charge is 0.407 e. The number of hydrogen-bond donors (Lipinski definition) is 1. The highest BCUT2D eigenvalue weighted by molar-refractivity contribution is 5.68. The Morgan fingerprint density at radius 1 is 1.07 bits per heavy atom. The van der Waals surface area contributed by atoms with Gasteiger partial charge in [0.2, 0.25) is 0 Å². The standard InChI is InChI=1S/C21H33N3O3/c1-21(2,3)27-20(25)22-16-9-12-24(15-16)18-10-13-23(14-11-18)17-5-7-19(26-4)8-6-17/h5-8,16,18H,9-15H2,1-4H3,(H,22,25)/t16-/m1/s1. The molecule has 0 bridgehead atoms. The van der Waals surface area contributed by atoms with Gasteiger partial charge in [0, 0.05) is 44.0 Å². The summed E-state index contributed by atoms with van der Waals surface area (Å²) in [6.45, 7) is 9.79. The highest BCUT2D eigenvalue weighted by Gasteiger charge is 2.32. The van der Waals surface area contributed by atoms with Crippen LogP contribution in [0.3, 0.4) is 0 Å². The molecule has 0 aliphatic carbocycles. The van der Waals surface area contributed by atoms with E-state index in [0.29, 0.717) is 6.04 Å². The van der Waals surface area contributed by atoms with Gasteiger partial charge in [-0.3, -0.25) is 4.90 Å². The second-order valence-corrected chi connectivity index (χ2v) is 8.54. The van der Waals surface area contributed by atoms with E-state index in [9.17, 15) is 4.79 Å². The fraction of sp³-hybridized carbons (Fsp3) is 0.667. The molecule has 2 aliphatic heterocycles. The normalized spacial score (nSPS) is 21.9. The molecule has 0 saturated carbocycles. The molecular formula is C21H33N3O3. The Morgan fingerprint density at radius 2 is 1.74 bits per heavy atom. The van der Waals surface area contributed by atoms with Crippen molar-refractivity contribution in [2.24, 2.45) is 0 Å². The summed E-state index contributed by atoms with van der Waals surface area (Å²) in [5, 5.41) is 3.02. The Bertz CT molecular complexity index is 619. The molecule has 0 unspecified atom stereocenters. The average Bonchev–Trinajstić information content (AvgIpc) is 3.08. The van der Waals surface area contributed by atoms with Gasteiger partial charge in [-0.2, -0.15) is 0 Å². The summed E-state index contributed by atoms with van der Waals surface area (Å²) >= 11 is 0. The van der Waals surface area contributed by atoms with Crippen LogP contribution in [0, 0.1) is 0 Å². The number of anilines is 1. The predicted molar refractivity (Wildman–Crippen MR) is 108 cm³/mol. The molecule has 1 aromatic rings. The largest absolute Gasteiger partial charge is 0.497 e. The van der Waals surface area contributed by atoms with Crippen LogP contribution >= 0.6 is 0 Å². The third-order valence-electron chi connectivity index (χ3n) is 5.36. The molecule has 1 N–H and O–H groups in total. The molecule has 2 fully saturated rings. The van der Waals surface area contributed by atoms with E-state index >= 15 is 0 Å². The Labute approximate surface area is 162 Å². The second kappa shape index (κ2) is 8.38. The van der Waals surface area contributed by atoms with Crippen LogP contribution in [-0.2, 0) is 4.74 Å². The summed E-state index contributed by atoms with van der Waals surface area (Å²) in [4.78, 5) is 17.0. The molecule has 2 saturated heterocycles. The maximum Gasteiger partial charge on any atom is 0.407 e.